The normalized spacial score (nSPS) is 12.9. The molecule has 14 heteroatoms. The molecule has 1 aliphatic carbocycles. The molecule has 0 aliphatic heterocycles. The van der Waals surface area contributed by atoms with E-state index in [0.29, 0.717) is 0 Å². The highest BCUT2D eigenvalue weighted by molar-refractivity contribution is 5.61. The van der Waals surface area contributed by atoms with E-state index >= 15 is 0 Å². The molecular weight excluding hydrogens is 813 g/mol. The summed E-state index contributed by atoms with van der Waals surface area (Å²) < 4.78 is 0. The van der Waals surface area contributed by atoms with Gasteiger partial charge in [0, 0.05) is 123 Å². The van der Waals surface area contributed by atoms with Crippen LogP contribution in [0.15, 0.2) is 84.9 Å². The number of fused-ring (bicyclic) bond motifs is 14. The molecule has 0 unspecified atom stereocenters. The fourth-order valence-corrected chi connectivity index (χ4v) is 8.51. The summed E-state index contributed by atoms with van der Waals surface area (Å²) >= 11 is 0. The van der Waals surface area contributed by atoms with Crippen molar-refractivity contribution in [3.05, 3.63) is 163 Å². The molecule has 0 spiro atoms. The molecule has 1 aliphatic rings. The van der Waals surface area contributed by atoms with Crippen molar-refractivity contribution in [1.29, 1.82) is 0 Å². The fourth-order valence-electron chi connectivity index (χ4n) is 8.51. The molecule has 7 aromatic rings. The maximum atomic E-state index is 11.5. The minimum absolute atomic E-state index is 0.111. The second-order valence-electron chi connectivity index (χ2n) is 16.0. The van der Waals surface area contributed by atoms with Gasteiger partial charge in [-0.2, -0.15) is 0 Å². The third-order valence-electron chi connectivity index (χ3n) is 11.4. The van der Waals surface area contributed by atoms with Crippen molar-refractivity contribution in [1.82, 2.24) is 0 Å². The second-order valence-corrected chi connectivity index (χ2v) is 16.0. The lowest BCUT2D eigenvalue weighted by atomic mass is 9.91. The summed E-state index contributed by atoms with van der Waals surface area (Å²) in [5, 5.41) is 156. The third-order valence-corrected chi connectivity index (χ3v) is 11.4. The predicted octanol–water partition coefficient (Wildman–Crippen LogP) is 7.01. The molecule has 0 saturated heterocycles. The molecule has 7 aromatic carbocycles. The molecule has 0 fully saturated rings. The van der Waals surface area contributed by atoms with Crippen LogP contribution in [-0.2, 0) is 44.9 Å². The van der Waals surface area contributed by atoms with Gasteiger partial charge in [-0.15, -0.1) is 0 Å². The summed E-state index contributed by atoms with van der Waals surface area (Å²) in [5.41, 5.74) is 1.55. The number of aromatic hydroxyl groups is 14. The van der Waals surface area contributed by atoms with Crippen LogP contribution in [0.2, 0.25) is 0 Å². The molecule has 0 saturated carbocycles. The SMILES string of the molecule is Oc1cc2c(O)c(c1)Cc1cc(O)cc(c1O)Cc1cc(O)cc(c1O)Cc1cc(O)cc(c1O)Cc1cc(O)cc(c1O)Cc1cc(O)cc(c1O)Cc1cc(O)cc(c1O)C2. The number of phenols is 14. The van der Waals surface area contributed by atoms with Crippen molar-refractivity contribution in [2.45, 2.75) is 44.9 Å². The van der Waals surface area contributed by atoms with Crippen LogP contribution in [0.4, 0.5) is 0 Å². The van der Waals surface area contributed by atoms with E-state index in [1.807, 2.05) is 0 Å². The molecule has 0 amide bonds. The summed E-state index contributed by atoms with van der Waals surface area (Å²) in [6.45, 7) is 0. The lowest BCUT2D eigenvalue weighted by Gasteiger charge is -2.18. The second kappa shape index (κ2) is 16.0. The average Bonchev–Trinajstić information content (AvgIpc) is 3.20. The van der Waals surface area contributed by atoms with Crippen molar-refractivity contribution < 1.29 is 71.5 Å². The first-order chi connectivity index (χ1) is 29.9. The summed E-state index contributed by atoms with van der Waals surface area (Å²) in [5.74, 6) is -4.39. The van der Waals surface area contributed by atoms with Crippen molar-refractivity contribution in [3.63, 3.8) is 0 Å². The molecule has 322 valence electrons. The summed E-state index contributed by atoms with van der Waals surface area (Å²) in [7, 11) is 0. The van der Waals surface area contributed by atoms with Crippen LogP contribution in [0, 0.1) is 0 Å². The molecule has 8 rings (SSSR count). The smallest absolute Gasteiger partial charge is 0.122 e. The van der Waals surface area contributed by atoms with Gasteiger partial charge in [-0.1, -0.05) is 0 Å². The fraction of sp³-hybridized carbons (Fsp3) is 0.143. The van der Waals surface area contributed by atoms with Crippen LogP contribution in [-0.4, -0.2) is 71.5 Å². The number of phenolic OH excluding ortho intramolecular Hbond substituents is 14. The number of benzene rings is 7. The van der Waals surface area contributed by atoms with E-state index in [2.05, 4.69) is 0 Å². The van der Waals surface area contributed by atoms with E-state index in [0.717, 1.165) is 0 Å². The molecule has 0 aromatic heterocycles. The van der Waals surface area contributed by atoms with Gasteiger partial charge in [0.05, 0.1) is 0 Å². The van der Waals surface area contributed by atoms with Crippen LogP contribution >= 0.6 is 0 Å². The van der Waals surface area contributed by atoms with Gasteiger partial charge in [0.25, 0.3) is 0 Å². The average molecular weight is 855 g/mol. The van der Waals surface area contributed by atoms with Crippen molar-refractivity contribution in [2.75, 3.05) is 0 Å². The van der Waals surface area contributed by atoms with Gasteiger partial charge < -0.3 is 71.5 Å². The van der Waals surface area contributed by atoms with Gasteiger partial charge in [0.15, 0.2) is 0 Å². The largest absolute Gasteiger partial charge is 0.508 e. The van der Waals surface area contributed by atoms with Crippen LogP contribution in [0.5, 0.6) is 80.5 Å². The van der Waals surface area contributed by atoms with E-state index in [1.165, 1.54) is 84.9 Å². The minimum Gasteiger partial charge on any atom is -0.508 e. The van der Waals surface area contributed by atoms with Gasteiger partial charge >= 0.3 is 0 Å². The Labute approximate surface area is 358 Å². The lowest BCUT2D eigenvalue weighted by Crippen LogP contribution is -2.01. The Hall–Kier alpha value is -8.26. The maximum absolute atomic E-state index is 11.5. The lowest BCUT2D eigenvalue weighted by molar-refractivity contribution is 0.436. The molecule has 14 bridgehead atoms. The molecule has 63 heavy (non-hydrogen) atoms. The summed E-state index contributed by atoms with van der Waals surface area (Å²) in [6, 6.07) is 17.6. The van der Waals surface area contributed by atoms with Crippen LogP contribution < -0.4 is 0 Å². The van der Waals surface area contributed by atoms with Crippen molar-refractivity contribution >= 4 is 0 Å². The zero-order valence-corrected chi connectivity index (χ0v) is 33.3. The Kier molecular flexibility index (Phi) is 10.5. The van der Waals surface area contributed by atoms with E-state index in [9.17, 15) is 71.5 Å². The minimum atomic E-state index is -0.336. The molecule has 14 N–H and O–H groups in total. The van der Waals surface area contributed by atoms with E-state index in [-0.39, 0.29) is 203 Å². The Morgan fingerprint density at radius 1 is 0.159 bits per heavy atom. The maximum Gasteiger partial charge on any atom is 0.122 e. The highest BCUT2D eigenvalue weighted by Gasteiger charge is 2.23. The topological polar surface area (TPSA) is 283 Å². The first kappa shape index (κ1) is 41.5. The van der Waals surface area contributed by atoms with E-state index in [1.54, 1.807) is 0 Å². The Balaban J connectivity index is 1.30. The third kappa shape index (κ3) is 8.29. The highest BCUT2D eigenvalue weighted by atomic mass is 16.3. The molecule has 0 heterocycles. The zero-order valence-electron chi connectivity index (χ0n) is 33.3. The van der Waals surface area contributed by atoms with Crippen LogP contribution in [0.3, 0.4) is 0 Å². The molecular formula is C49H42O14. The quantitative estimate of drug-likeness (QED) is 0.0683. The van der Waals surface area contributed by atoms with Crippen LogP contribution in [0.1, 0.15) is 77.9 Å². The zero-order chi connectivity index (χ0) is 45.0. The van der Waals surface area contributed by atoms with E-state index < -0.39 is 0 Å². The standard InChI is InChI=1S/C49H42O14/c50-36-8-22-1-23-9-37(51)11-25(44(23)58)3-27-13-39(53)15-29(46(27)60)5-31-17-41(55)19-33(48(31)62)7-35-21-42(56)20-34(49(35)63)6-32-18-40(54)16-30(47(32)61)4-28-14-38(52)12-26(45(28)59)2-24(10-36)43(22)57/h8-21,50-63H,1-7H2. The van der Waals surface area contributed by atoms with Crippen molar-refractivity contribution in [2.24, 2.45) is 0 Å². The Morgan fingerprint density at radius 2 is 0.238 bits per heavy atom. The van der Waals surface area contributed by atoms with Crippen LogP contribution in [0.25, 0.3) is 0 Å². The van der Waals surface area contributed by atoms with Crippen molar-refractivity contribution in [3.8, 4) is 80.5 Å². The van der Waals surface area contributed by atoms with E-state index in [4.69, 9.17) is 0 Å². The van der Waals surface area contributed by atoms with Gasteiger partial charge in [0.1, 0.15) is 80.5 Å². The van der Waals surface area contributed by atoms with Gasteiger partial charge in [-0.3, -0.25) is 0 Å². The monoisotopic (exact) mass is 854 g/mol. The Morgan fingerprint density at radius 3 is 0.317 bits per heavy atom. The van der Waals surface area contributed by atoms with Gasteiger partial charge in [-0.05, 0) is 84.9 Å². The summed E-state index contributed by atoms with van der Waals surface area (Å²) in [6.07, 6.45) is -1.60. The Bertz CT molecular complexity index is 2260. The van der Waals surface area contributed by atoms with Gasteiger partial charge in [-0.25, -0.2) is 0 Å². The predicted molar refractivity (Wildman–Crippen MR) is 228 cm³/mol. The molecule has 0 atom stereocenters. The number of hydrogen-bond acceptors (Lipinski definition) is 14. The molecule has 14 nitrogen and oxygen atoms in total. The molecule has 0 radical (unpaired) electrons. The first-order valence-electron chi connectivity index (χ1n) is 19.7. The summed E-state index contributed by atoms with van der Waals surface area (Å²) in [4.78, 5) is 0. The first-order valence-corrected chi connectivity index (χ1v) is 19.7. The van der Waals surface area contributed by atoms with Gasteiger partial charge in [0.2, 0.25) is 0 Å². The highest BCUT2D eigenvalue weighted by Crippen LogP contribution is 2.43. The number of hydrogen-bond donors (Lipinski definition) is 14. The number of rotatable bonds is 0.